The normalized spacial score (nSPS) is 12.6. The van der Waals surface area contributed by atoms with Crippen molar-refractivity contribution in [3.63, 3.8) is 0 Å². The first-order valence-electron chi connectivity index (χ1n) is 21.6. The lowest BCUT2D eigenvalue weighted by Crippen LogP contribution is -2.27. The molecule has 288 valence electrons. The number of rotatable bonds is 40. The van der Waals surface area contributed by atoms with Crippen molar-refractivity contribution < 1.29 is 19.4 Å². The van der Waals surface area contributed by atoms with Crippen LogP contribution in [-0.2, 0) is 14.3 Å². The number of carbonyl (C=O) groups is 1. The first-order chi connectivity index (χ1) is 24.2. The molecular formula is C45H84O4. The molecule has 0 aromatic rings. The molecule has 0 saturated heterocycles. The predicted molar refractivity (Wildman–Crippen MR) is 214 cm³/mol. The summed E-state index contributed by atoms with van der Waals surface area (Å²) >= 11 is 0. The van der Waals surface area contributed by atoms with Crippen LogP contribution in [0.15, 0.2) is 36.5 Å². The minimum absolute atomic E-state index is 0.173. The second kappa shape index (κ2) is 42.8. The Balaban J connectivity index is 3.43. The summed E-state index contributed by atoms with van der Waals surface area (Å²) in [6, 6.07) is 0. The number of ether oxygens (including phenoxy) is 2. The zero-order valence-electron chi connectivity index (χ0n) is 33.0. The van der Waals surface area contributed by atoms with Crippen LogP contribution in [0.2, 0.25) is 0 Å². The van der Waals surface area contributed by atoms with Gasteiger partial charge in [-0.25, -0.2) is 0 Å². The fourth-order valence-corrected chi connectivity index (χ4v) is 6.18. The van der Waals surface area contributed by atoms with Gasteiger partial charge < -0.3 is 14.6 Å². The molecule has 0 bridgehead atoms. The lowest BCUT2D eigenvalue weighted by molar-refractivity contribution is -0.154. The Morgan fingerprint density at radius 2 is 0.857 bits per heavy atom. The molecule has 0 rings (SSSR count). The van der Waals surface area contributed by atoms with Crippen LogP contribution < -0.4 is 0 Å². The zero-order chi connectivity index (χ0) is 35.6. The van der Waals surface area contributed by atoms with Gasteiger partial charge in [-0.3, -0.25) is 4.79 Å². The van der Waals surface area contributed by atoms with Gasteiger partial charge in [0.15, 0.2) is 0 Å². The molecule has 49 heavy (non-hydrogen) atoms. The summed E-state index contributed by atoms with van der Waals surface area (Å²) in [5.74, 6) is -0.204. The van der Waals surface area contributed by atoms with E-state index in [1.807, 2.05) is 0 Å². The Kier molecular flexibility index (Phi) is 41.6. The average Bonchev–Trinajstić information content (AvgIpc) is 3.11. The zero-order valence-corrected chi connectivity index (χ0v) is 33.0. The maximum absolute atomic E-state index is 12.2. The Morgan fingerprint density at radius 1 is 0.490 bits per heavy atom. The van der Waals surface area contributed by atoms with Crippen molar-refractivity contribution in [1.29, 1.82) is 0 Å². The van der Waals surface area contributed by atoms with Crippen molar-refractivity contribution in [3.05, 3.63) is 36.5 Å². The van der Waals surface area contributed by atoms with Gasteiger partial charge in [-0.05, 0) is 70.6 Å². The molecule has 0 radical (unpaired) electrons. The molecule has 0 fully saturated rings. The highest BCUT2D eigenvalue weighted by Gasteiger charge is 2.13. The summed E-state index contributed by atoms with van der Waals surface area (Å²) in [7, 11) is 0. The smallest absolute Gasteiger partial charge is 0.306 e. The third kappa shape index (κ3) is 40.9. The van der Waals surface area contributed by atoms with E-state index < -0.39 is 6.10 Å². The second-order valence-electron chi connectivity index (χ2n) is 14.4. The number of aliphatic hydroxyl groups excluding tert-OH is 1. The highest BCUT2D eigenvalue weighted by Crippen LogP contribution is 2.14. The number of esters is 1. The first-order valence-corrected chi connectivity index (χ1v) is 21.6. The lowest BCUT2D eigenvalue weighted by atomic mass is 10.1. The van der Waals surface area contributed by atoms with E-state index in [1.165, 1.54) is 173 Å². The summed E-state index contributed by atoms with van der Waals surface area (Å²) in [4.78, 5) is 12.2. The van der Waals surface area contributed by atoms with Crippen LogP contribution in [0.3, 0.4) is 0 Å². The Labute approximate surface area is 306 Å². The lowest BCUT2D eigenvalue weighted by Gasteiger charge is -2.16. The highest BCUT2D eigenvalue weighted by molar-refractivity contribution is 5.69. The van der Waals surface area contributed by atoms with Gasteiger partial charge in [0.05, 0.1) is 13.2 Å². The standard InChI is InChI=1S/C45H84O4/c1-3-5-7-9-11-13-15-17-19-21-23-24-26-28-30-32-34-36-38-40-45(47)49-44(42-46)43-48-41-39-37-35-33-31-29-27-25-22-20-18-16-14-12-10-8-6-4-2/h12,14,17-20,44,46H,3-11,13,15-16,21-43H2,1-2H3/b14-12-,19-17-,20-18-. The van der Waals surface area contributed by atoms with Crippen molar-refractivity contribution in [2.75, 3.05) is 19.8 Å². The van der Waals surface area contributed by atoms with E-state index in [0.717, 1.165) is 25.7 Å². The van der Waals surface area contributed by atoms with E-state index in [9.17, 15) is 9.90 Å². The number of carbonyl (C=O) groups excluding carboxylic acids is 1. The van der Waals surface area contributed by atoms with E-state index in [2.05, 4.69) is 50.3 Å². The Hall–Kier alpha value is -1.39. The molecule has 0 aliphatic carbocycles. The van der Waals surface area contributed by atoms with Gasteiger partial charge >= 0.3 is 5.97 Å². The van der Waals surface area contributed by atoms with E-state index in [0.29, 0.717) is 19.6 Å². The van der Waals surface area contributed by atoms with Gasteiger partial charge in [-0.1, -0.05) is 179 Å². The number of hydrogen-bond acceptors (Lipinski definition) is 4. The van der Waals surface area contributed by atoms with Crippen molar-refractivity contribution in [3.8, 4) is 0 Å². The molecule has 0 aromatic carbocycles. The van der Waals surface area contributed by atoms with Gasteiger partial charge in [0.2, 0.25) is 0 Å². The van der Waals surface area contributed by atoms with E-state index in [-0.39, 0.29) is 12.6 Å². The summed E-state index contributed by atoms with van der Waals surface area (Å²) in [6.45, 7) is 5.32. The fourth-order valence-electron chi connectivity index (χ4n) is 6.18. The summed E-state index contributed by atoms with van der Waals surface area (Å²) in [5.41, 5.74) is 0. The number of unbranched alkanes of at least 4 members (excludes halogenated alkanes) is 26. The summed E-state index contributed by atoms with van der Waals surface area (Å²) in [5, 5.41) is 9.60. The van der Waals surface area contributed by atoms with E-state index in [1.54, 1.807) is 0 Å². The topological polar surface area (TPSA) is 55.8 Å². The second-order valence-corrected chi connectivity index (χ2v) is 14.4. The third-order valence-corrected chi connectivity index (χ3v) is 9.44. The quantitative estimate of drug-likeness (QED) is 0.0395. The van der Waals surface area contributed by atoms with Crippen LogP contribution in [0.5, 0.6) is 0 Å². The molecule has 4 heteroatoms. The monoisotopic (exact) mass is 689 g/mol. The first kappa shape index (κ1) is 47.6. The summed E-state index contributed by atoms with van der Waals surface area (Å²) in [6.07, 6.45) is 53.4. The maximum Gasteiger partial charge on any atom is 0.306 e. The van der Waals surface area contributed by atoms with Crippen LogP contribution in [0.1, 0.15) is 219 Å². The van der Waals surface area contributed by atoms with E-state index in [4.69, 9.17) is 9.47 Å². The van der Waals surface area contributed by atoms with Crippen LogP contribution in [0, 0.1) is 0 Å². The number of hydrogen-bond donors (Lipinski definition) is 1. The average molecular weight is 689 g/mol. The summed E-state index contributed by atoms with van der Waals surface area (Å²) < 4.78 is 11.2. The molecule has 1 atom stereocenters. The molecule has 0 amide bonds. The van der Waals surface area contributed by atoms with Crippen molar-refractivity contribution in [2.24, 2.45) is 0 Å². The molecule has 0 aliphatic heterocycles. The largest absolute Gasteiger partial charge is 0.457 e. The van der Waals surface area contributed by atoms with Crippen molar-refractivity contribution in [1.82, 2.24) is 0 Å². The van der Waals surface area contributed by atoms with Gasteiger partial charge in [-0.2, -0.15) is 0 Å². The molecule has 0 aliphatic rings. The number of allylic oxidation sites excluding steroid dienone is 6. The Bertz CT molecular complexity index is 728. The van der Waals surface area contributed by atoms with Crippen molar-refractivity contribution in [2.45, 2.75) is 225 Å². The molecule has 0 aromatic heterocycles. The van der Waals surface area contributed by atoms with Crippen LogP contribution in [0.25, 0.3) is 0 Å². The van der Waals surface area contributed by atoms with E-state index >= 15 is 0 Å². The van der Waals surface area contributed by atoms with Gasteiger partial charge in [0.1, 0.15) is 6.10 Å². The maximum atomic E-state index is 12.2. The minimum Gasteiger partial charge on any atom is -0.457 e. The van der Waals surface area contributed by atoms with Gasteiger partial charge in [-0.15, -0.1) is 0 Å². The molecule has 0 saturated carbocycles. The predicted octanol–water partition coefficient (Wildman–Crippen LogP) is 14.1. The Morgan fingerprint density at radius 3 is 1.33 bits per heavy atom. The van der Waals surface area contributed by atoms with Gasteiger partial charge in [0.25, 0.3) is 0 Å². The molecule has 1 N–H and O–H groups in total. The van der Waals surface area contributed by atoms with Crippen LogP contribution in [0.4, 0.5) is 0 Å². The number of aliphatic hydroxyl groups is 1. The van der Waals surface area contributed by atoms with Gasteiger partial charge in [0, 0.05) is 13.0 Å². The molecule has 0 heterocycles. The minimum atomic E-state index is -0.537. The third-order valence-electron chi connectivity index (χ3n) is 9.44. The fraction of sp³-hybridized carbons (Fsp3) is 0.844. The molecule has 1 unspecified atom stereocenters. The highest BCUT2D eigenvalue weighted by atomic mass is 16.6. The SMILES string of the molecule is CCCCC/C=C\C/C=C\CCCCCCCCCCOCC(CO)OC(=O)CCCCCCCCCCC/C=C\CCCCCCCC. The van der Waals surface area contributed by atoms with Crippen LogP contribution >= 0.6 is 0 Å². The van der Waals surface area contributed by atoms with Crippen LogP contribution in [-0.4, -0.2) is 37.0 Å². The molecule has 4 nitrogen and oxygen atoms in total. The molecule has 0 spiro atoms. The molecular weight excluding hydrogens is 604 g/mol. The van der Waals surface area contributed by atoms with Crippen molar-refractivity contribution >= 4 is 5.97 Å².